The second-order valence-corrected chi connectivity index (χ2v) is 7.05. The summed E-state index contributed by atoms with van der Waals surface area (Å²) >= 11 is 0. The van der Waals surface area contributed by atoms with Crippen LogP contribution >= 0.6 is 0 Å². The second-order valence-electron chi connectivity index (χ2n) is 4.14. The van der Waals surface area contributed by atoms with Gasteiger partial charge in [-0.2, -0.15) is 0 Å². The monoisotopic (exact) mass is 222 g/mol. The van der Waals surface area contributed by atoms with Gasteiger partial charge in [0.1, 0.15) is 5.75 Å². The number of aryl methyl sites for hydroxylation is 1. The van der Waals surface area contributed by atoms with E-state index in [0.29, 0.717) is 0 Å². The van der Waals surface area contributed by atoms with Crippen molar-refractivity contribution in [1.82, 2.24) is 0 Å². The Morgan fingerprint density at radius 1 is 1.33 bits per heavy atom. The van der Waals surface area contributed by atoms with Gasteiger partial charge in [-0.05, 0) is 24.1 Å². The zero-order valence-corrected chi connectivity index (χ0v) is 10.8. The first-order valence-corrected chi connectivity index (χ1v) is 8.05. The molecule has 0 amide bonds. The van der Waals surface area contributed by atoms with Gasteiger partial charge in [0.25, 0.3) is 0 Å². The molecule has 0 aliphatic heterocycles. The molecule has 1 radical (unpaired) electrons. The average Bonchev–Trinajstić information content (AvgIpc) is 2.20. The summed E-state index contributed by atoms with van der Waals surface area (Å²) < 4.78 is 5.19. The van der Waals surface area contributed by atoms with Crippen LogP contribution in [0.15, 0.2) is 18.2 Å². The molecule has 83 valence electrons. The molecule has 0 saturated carbocycles. The molecule has 0 bridgehead atoms. The molecule has 0 spiro atoms. The van der Waals surface area contributed by atoms with E-state index < -0.39 is 0 Å². The summed E-state index contributed by atoms with van der Waals surface area (Å²) in [4.78, 5) is 0. The Morgan fingerprint density at radius 3 is 2.67 bits per heavy atom. The number of benzene rings is 1. The zero-order chi connectivity index (χ0) is 11.3. The molecule has 2 nitrogen and oxygen atoms in total. The molecule has 3 heteroatoms. The lowest BCUT2D eigenvalue weighted by atomic mass is 10.1. The van der Waals surface area contributed by atoms with Crippen LogP contribution in [0.2, 0.25) is 19.1 Å². The first-order chi connectivity index (χ1) is 7.13. The van der Waals surface area contributed by atoms with Gasteiger partial charge in [0.15, 0.2) is 0 Å². The maximum Gasteiger partial charge on any atom is 0.142 e. The predicted octanol–water partition coefficient (Wildman–Crippen LogP) is 2.96. The van der Waals surface area contributed by atoms with Gasteiger partial charge >= 0.3 is 0 Å². The van der Waals surface area contributed by atoms with Crippen molar-refractivity contribution in [2.75, 3.05) is 12.8 Å². The summed E-state index contributed by atoms with van der Waals surface area (Å²) in [5.74, 6) is 0.797. The summed E-state index contributed by atoms with van der Waals surface area (Å²) in [5.41, 5.74) is 7.80. The number of hydrogen-bond acceptors (Lipinski definition) is 2. The molecule has 0 heterocycles. The third-order valence-electron chi connectivity index (χ3n) is 2.44. The number of anilines is 1. The summed E-state index contributed by atoms with van der Waals surface area (Å²) in [6, 6.07) is 7.44. The normalized spacial score (nSPS) is 10.7. The lowest BCUT2D eigenvalue weighted by molar-refractivity contribution is 0.416. The standard InChI is InChI=1S/C12H20NOSi/c1-14-12-9-10(6-7-11(12)13)5-4-8-15(2)3/h6-7,9H,4-5,8,13H2,1-3H3. The highest BCUT2D eigenvalue weighted by atomic mass is 28.3. The fraction of sp³-hybridized carbons (Fsp3) is 0.500. The average molecular weight is 222 g/mol. The van der Waals surface area contributed by atoms with Crippen molar-refractivity contribution < 1.29 is 4.74 Å². The molecule has 0 aromatic heterocycles. The van der Waals surface area contributed by atoms with Crippen molar-refractivity contribution in [3.63, 3.8) is 0 Å². The molecule has 0 aliphatic rings. The van der Waals surface area contributed by atoms with Gasteiger partial charge in [0, 0.05) is 8.80 Å². The number of ether oxygens (including phenoxy) is 1. The molecule has 0 atom stereocenters. The van der Waals surface area contributed by atoms with E-state index in [9.17, 15) is 0 Å². The molecule has 1 aromatic rings. The van der Waals surface area contributed by atoms with E-state index in [1.165, 1.54) is 18.0 Å². The molecule has 0 unspecified atom stereocenters. The Labute approximate surface area is 94.1 Å². The van der Waals surface area contributed by atoms with Gasteiger partial charge in [-0.15, -0.1) is 0 Å². The number of nitrogens with two attached hydrogens (primary N) is 1. The summed E-state index contributed by atoms with van der Waals surface area (Å²) in [5, 5.41) is 0. The van der Waals surface area contributed by atoms with Crippen molar-refractivity contribution in [3.05, 3.63) is 23.8 Å². The topological polar surface area (TPSA) is 35.2 Å². The van der Waals surface area contributed by atoms with Gasteiger partial charge < -0.3 is 10.5 Å². The van der Waals surface area contributed by atoms with E-state index in [4.69, 9.17) is 10.5 Å². The lowest BCUT2D eigenvalue weighted by Gasteiger charge is -2.08. The van der Waals surface area contributed by atoms with E-state index in [0.717, 1.165) is 17.9 Å². The number of methoxy groups -OCH3 is 1. The largest absolute Gasteiger partial charge is 0.495 e. The van der Waals surface area contributed by atoms with Crippen LogP contribution in [0, 0.1) is 0 Å². The van der Waals surface area contributed by atoms with Gasteiger partial charge in [0.2, 0.25) is 0 Å². The van der Waals surface area contributed by atoms with Gasteiger partial charge in [-0.1, -0.05) is 31.6 Å². The summed E-state index contributed by atoms with van der Waals surface area (Å²) in [6.07, 6.45) is 2.40. The third kappa shape index (κ3) is 3.96. The molecule has 0 fully saturated rings. The van der Waals surface area contributed by atoms with Crippen molar-refractivity contribution in [1.29, 1.82) is 0 Å². The van der Waals surface area contributed by atoms with Crippen LogP contribution in [-0.4, -0.2) is 15.9 Å². The highest BCUT2D eigenvalue weighted by Crippen LogP contribution is 2.23. The van der Waals surface area contributed by atoms with E-state index in [1.54, 1.807) is 7.11 Å². The van der Waals surface area contributed by atoms with Gasteiger partial charge in [0.05, 0.1) is 12.8 Å². The Kier molecular flexibility index (Phi) is 4.69. The number of rotatable bonds is 5. The van der Waals surface area contributed by atoms with Crippen LogP contribution in [0.4, 0.5) is 5.69 Å². The maximum atomic E-state index is 5.76. The van der Waals surface area contributed by atoms with Gasteiger partial charge in [-0.25, -0.2) is 0 Å². The second kappa shape index (κ2) is 5.81. The lowest BCUT2D eigenvalue weighted by Crippen LogP contribution is -2.00. The number of nitrogen functional groups attached to an aromatic ring is 1. The molecule has 1 rings (SSSR count). The fourth-order valence-corrected chi connectivity index (χ4v) is 2.44. The van der Waals surface area contributed by atoms with Crippen molar-refractivity contribution in [2.45, 2.75) is 32.0 Å². The van der Waals surface area contributed by atoms with Gasteiger partial charge in [-0.3, -0.25) is 0 Å². The summed E-state index contributed by atoms with van der Waals surface area (Å²) in [6.45, 7) is 4.71. The minimum absolute atomic E-state index is 0.0836. The minimum Gasteiger partial charge on any atom is -0.495 e. The SMILES string of the molecule is COc1cc(CCC[Si](C)C)ccc1N. The van der Waals surface area contributed by atoms with Crippen LogP contribution in [-0.2, 0) is 6.42 Å². The Balaban J connectivity index is 2.54. The predicted molar refractivity (Wildman–Crippen MR) is 68.0 cm³/mol. The highest BCUT2D eigenvalue weighted by molar-refractivity contribution is 6.55. The van der Waals surface area contributed by atoms with Crippen molar-refractivity contribution in [3.8, 4) is 5.75 Å². The molecule has 0 saturated heterocycles. The van der Waals surface area contributed by atoms with E-state index in [-0.39, 0.29) is 8.80 Å². The molecule has 15 heavy (non-hydrogen) atoms. The first kappa shape index (κ1) is 12.1. The smallest absolute Gasteiger partial charge is 0.142 e. The van der Waals surface area contributed by atoms with E-state index in [2.05, 4.69) is 19.2 Å². The van der Waals surface area contributed by atoms with Crippen LogP contribution in [0.3, 0.4) is 0 Å². The minimum atomic E-state index is -0.0836. The fourth-order valence-electron chi connectivity index (χ4n) is 1.56. The van der Waals surface area contributed by atoms with Crippen molar-refractivity contribution >= 4 is 14.5 Å². The van der Waals surface area contributed by atoms with E-state index >= 15 is 0 Å². The zero-order valence-electron chi connectivity index (χ0n) is 9.84. The number of hydrogen-bond donors (Lipinski definition) is 1. The quantitative estimate of drug-likeness (QED) is 0.614. The maximum absolute atomic E-state index is 5.76. The van der Waals surface area contributed by atoms with Crippen LogP contribution < -0.4 is 10.5 Å². The molecular formula is C12H20NOSi. The Hall–Kier alpha value is -0.963. The van der Waals surface area contributed by atoms with E-state index in [1.807, 2.05) is 12.1 Å². The van der Waals surface area contributed by atoms with Crippen LogP contribution in [0.1, 0.15) is 12.0 Å². The first-order valence-electron chi connectivity index (χ1n) is 5.35. The Bertz CT molecular complexity index is 312. The molecule has 2 N–H and O–H groups in total. The van der Waals surface area contributed by atoms with Crippen LogP contribution in [0.5, 0.6) is 5.75 Å². The molecule has 0 aliphatic carbocycles. The molecule has 1 aromatic carbocycles. The highest BCUT2D eigenvalue weighted by Gasteiger charge is 2.02. The summed E-state index contributed by atoms with van der Waals surface area (Å²) in [7, 11) is 1.58. The molecular weight excluding hydrogens is 202 g/mol. The third-order valence-corrected chi connectivity index (χ3v) is 3.79. The van der Waals surface area contributed by atoms with Crippen molar-refractivity contribution in [2.24, 2.45) is 0 Å². The van der Waals surface area contributed by atoms with Crippen LogP contribution in [0.25, 0.3) is 0 Å². The Morgan fingerprint density at radius 2 is 2.07 bits per heavy atom.